The Morgan fingerprint density at radius 2 is 0.513 bits per heavy atom. The summed E-state index contributed by atoms with van der Waals surface area (Å²) < 4.78 is 0. The highest BCUT2D eigenvalue weighted by Gasteiger charge is 2.04. The lowest BCUT2D eigenvalue weighted by molar-refractivity contribution is 0.531. The van der Waals surface area contributed by atoms with Crippen molar-refractivity contribution in [3.05, 3.63) is 21.9 Å². The van der Waals surface area contributed by atoms with Gasteiger partial charge in [-0.3, -0.25) is 0 Å². The molecule has 0 spiro atoms. The fourth-order valence-corrected chi connectivity index (χ4v) is 7.10. The van der Waals surface area contributed by atoms with Crippen molar-refractivity contribution >= 4 is 11.3 Å². The van der Waals surface area contributed by atoms with Gasteiger partial charge in [-0.1, -0.05) is 194 Å². The number of thiophene rings is 1. The molecule has 1 rings (SSSR count). The Morgan fingerprint density at radius 1 is 0.308 bits per heavy atom. The van der Waals surface area contributed by atoms with Gasteiger partial charge in [0.2, 0.25) is 0 Å². The topological polar surface area (TPSA) is 0 Å². The van der Waals surface area contributed by atoms with E-state index in [0.29, 0.717) is 0 Å². The van der Waals surface area contributed by atoms with Crippen molar-refractivity contribution in [1.29, 1.82) is 0 Å². The van der Waals surface area contributed by atoms with Gasteiger partial charge >= 0.3 is 0 Å². The van der Waals surface area contributed by atoms with Crippen LogP contribution in [-0.4, -0.2) is 0 Å². The smallest absolute Gasteiger partial charge is 0.00584 e. The zero-order chi connectivity index (χ0) is 27.9. The molecule has 0 bridgehead atoms. The van der Waals surface area contributed by atoms with Crippen LogP contribution in [0.3, 0.4) is 0 Å². The lowest BCUT2D eigenvalue weighted by Gasteiger charge is -2.06. The molecule has 0 radical (unpaired) electrons. The third-order valence-electron chi connectivity index (χ3n) is 8.93. The fourth-order valence-electron chi connectivity index (χ4n) is 6.16. The normalized spacial score (nSPS) is 11.5. The van der Waals surface area contributed by atoms with Crippen molar-refractivity contribution in [2.75, 3.05) is 0 Å². The number of unbranched alkanes of at least 4 members (excludes halogenated alkanes) is 28. The molecule has 0 atom stereocenters. The monoisotopic (exact) mass is 561 g/mol. The maximum absolute atomic E-state index is 2.45. The van der Waals surface area contributed by atoms with Crippen LogP contribution in [0.5, 0.6) is 0 Å². The van der Waals surface area contributed by atoms with E-state index in [-0.39, 0.29) is 0 Å². The predicted molar refractivity (Wildman–Crippen MR) is 182 cm³/mol. The third-order valence-corrected chi connectivity index (χ3v) is 9.77. The van der Waals surface area contributed by atoms with Crippen LogP contribution in [0, 0.1) is 0 Å². The first-order valence-corrected chi connectivity index (χ1v) is 19.4. The molecule has 230 valence electrons. The van der Waals surface area contributed by atoms with E-state index in [2.05, 4.69) is 24.6 Å². The highest BCUT2D eigenvalue weighted by atomic mass is 32.1. The summed E-state index contributed by atoms with van der Waals surface area (Å²) >= 11 is 1.94. The van der Waals surface area contributed by atoms with E-state index in [9.17, 15) is 0 Å². The summed E-state index contributed by atoms with van der Waals surface area (Å²) in [5.74, 6) is 0. The molecule has 1 aromatic heterocycles. The standard InChI is InChI=1S/C38H72S/c1-3-5-7-9-11-13-15-17-19-21-23-25-27-29-31-33-37-35-39-36-38(37)34-32-30-28-26-24-22-20-18-16-14-12-10-8-6-4-2/h35-36H,3-34H2,1-2H3. The molecule has 1 aromatic rings. The summed E-state index contributed by atoms with van der Waals surface area (Å²) in [7, 11) is 0. The second-order valence-electron chi connectivity index (χ2n) is 12.8. The van der Waals surface area contributed by atoms with Gasteiger partial charge in [0, 0.05) is 0 Å². The van der Waals surface area contributed by atoms with Crippen LogP contribution in [-0.2, 0) is 12.8 Å². The minimum Gasteiger partial charge on any atom is -0.152 e. The molecule has 0 saturated heterocycles. The molecule has 0 aromatic carbocycles. The minimum atomic E-state index is 1.33. The van der Waals surface area contributed by atoms with E-state index in [4.69, 9.17) is 0 Å². The molecular formula is C38H72S. The van der Waals surface area contributed by atoms with Gasteiger partial charge in [-0.05, 0) is 47.6 Å². The first-order chi connectivity index (χ1) is 19.4. The summed E-state index contributed by atoms with van der Waals surface area (Å²) in [4.78, 5) is 0. The van der Waals surface area contributed by atoms with Crippen molar-refractivity contribution in [2.24, 2.45) is 0 Å². The Bertz CT molecular complexity index is 525. The van der Waals surface area contributed by atoms with Gasteiger partial charge in [0.25, 0.3) is 0 Å². The SMILES string of the molecule is CCCCCCCCCCCCCCCCCc1cscc1CCCCCCCCCCCCCCCCC. The van der Waals surface area contributed by atoms with Gasteiger partial charge in [-0.25, -0.2) is 0 Å². The maximum Gasteiger partial charge on any atom is -0.00584 e. The first kappa shape index (κ1) is 36.7. The van der Waals surface area contributed by atoms with E-state index >= 15 is 0 Å². The van der Waals surface area contributed by atoms with Crippen LogP contribution in [0.15, 0.2) is 10.8 Å². The number of hydrogen-bond donors (Lipinski definition) is 0. The predicted octanol–water partition coefficient (Wildman–Crippen LogP) is 14.6. The van der Waals surface area contributed by atoms with Gasteiger partial charge in [0.05, 0.1) is 0 Å². The Kier molecular flexibility index (Phi) is 28.9. The van der Waals surface area contributed by atoms with Crippen molar-refractivity contribution < 1.29 is 0 Å². The molecule has 0 nitrogen and oxygen atoms in total. The van der Waals surface area contributed by atoms with E-state index in [1.165, 1.54) is 205 Å². The van der Waals surface area contributed by atoms with Crippen LogP contribution in [0.4, 0.5) is 0 Å². The fraction of sp³-hybridized carbons (Fsp3) is 0.895. The highest BCUT2D eigenvalue weighted by Crippen LogP contribution is 2.22. The molecular weight excluding hydrogens is 488 g/mol. The Morgan fingerprint density at radius 3 is 0.744 bits per heavy atom. The number of rotatable bonds is 32. The molecule has 0 unspecified atom stereocenters. The maximum atomic E-state index is 2.45. The van der Waals surface area contributed by atoms with Gasteiger partial charge < -0.3 is 0 Å². The molecule has 0 fully saturated rings. The molecule has 39 heavy (non-hydrogen) atoms. The van der Waals surface area contributed by atoms with Crippen molar-refractivity contribution in [3.8, 4) is 0 Å². The van der Waals surface area contributed by atoms with Gasteiger partial charge in [0.1, 0.15) is 0 Å². The van der Waals surface area contributed by atoms with Crippen molar-refractivity contribution in [2.45, 2.75) is 219 Å². The first-order valence-electron chi connectivity index (χ1n) is 18.4. The van der Waals surface area contributed by atoms with Crippen LogP contribution in [0.25, 0.3) is 0 Å². The molecule has 0 aliphatic carbocycles. The summed E-state index contributed by atoms with van der Waals surface area (Å²) in [6, 6.07) is 0. The zero-order valence-corrected chi connectivity index (χ0v) is 28.0. The van der Waals surface area contributed by atoms with Gasteiger partial charge in [-0.15, -0.1) is 0 Å². The Labute approximate surface area is 251 Å². The van der Waals surface area contributed by atoms with Crippen molar-refractivity contribution in [3.63, 3.8) is 0 Å². The zero-order valence-electron chi connectivity index (χ0n) is 27.2. The van der Waals surface area contributed by atoms with E-state index in [1.807, 2.05) is 11.3 Å². The summed E-state index contributed by atoms with van der Waals surface area (Å²) in [5.41, 5.74) is 3.36. The van der Waals surface area contributed by atoms with Crippen LogP contribution in [0.1, 0.15) is 218 Å². The van der Waals surface area contributed by atoms with E-state index in [1.54, 1.807) is 11.1 Å². The lowest BCUT2D eigenvalue weighted by Crippen LogP contribution is -1.92. The Balaban J connectivity index is 1.83. The molecule has 0 aliphatic heterocycles. The van der Waals surface area contributed by atoms with Gasteiger partial charge in [0.15, 0.2) is 0 Å². The lowest BCUT2D eigenvalue weighted by atomic mass is 9.99. The summed E-state index contributed by atoms with van der Waals surface area (Å²) in [6.45, 7) is 4.62. The second kappa shape index (κ2) is 30.7. The quantitative estimate of drug-likeness (QED) is 0.0768. The van der Waals surface area contributed by atoms with Crippen LogP contribution in [0.2, 0.25) is 0 Å². The molecule has 0 amide bonds. The molecule has 0 aliphatic rings. The van der Waals surface area contributed by atoms with Gasteiger partial charge in [-0.2, -0.15) is 11.3 Å². The number of hydrogen-bond acceptors (Lipinski definition) is 1. The van der Waals surface area contributed by atoms with Crippen molar-refractivity contribution in [1.82, 2.24) is 0 Å². The molecule has 1 heteroatoms. The molecule has 1 heterocycles. The Hall–Kier alpha value is -0.300. The third kappa shape index (κ3) is 25.2. The molecule has 0 N–H and O–H groups in total. The average molecular weight is 561 g/mol. The van der Waals surface area contributed by atoms with E-state index in [0.717, 1.165) is 0 Å². The second-order valence-corrected chi connectivity index (χ2v) is 13.6. The van der Waals surface area contributed by atoms with Crippen LogP contribution >= 0.6 is 11.3 Å². The minimum absolute atomic E-state index is 1.33. The summed E-state index contributed by atoms with van der Waals surface area (Å²) in [6.07, 6.45) is 46.4. The highest BCUT2D eigenvalue weighted by molar-refractivity contribution is 7.08. The average Bonchev–Trinajstić information content (AvgIpc) is 3.40. The largest absolute Gasteiger partial charge is 0.152 e. The summed E-state index contributed by atoms with van der Waals surface area (Å²) in [5, 5.41) is 4.90. The molecule has 0 saturated carbocycles. The van der Waals surface area contributed by atoms with Crippen LogP contribution < -0.4 is 0 Å². The van der Waals surface area contributed by atoms with E-state index < -0.39 is 0 Å². The number of aryl methyl sites for hydroxylation is 2.